The number of rotatable bonds is 8. The van der Waals surface area contributed by atoms with E-state index in [0.29, 0.717) is 41.8 Å². The average molecular weight is 561 g/mol. The van der Waals surface area contributed by atoms with Crippen LogP contribution >= 0.6 is 0 Å². The SMILES string of the molecule is O=Cc1ccc(-c2ccc(CCNC(=O)c3ccc4c5c3O[C@H]3[C@@H](O)C=C[C@H]6C(C4)N(CC4CC4)CCC563)cc2)cc1. The number of aldehydes is 1. The number of ether oxygens (including phenoxy) is 1. The van der Waals surface area contributed by atoms with E-state index in [1.807, 2.05) is 36.4 Å². The van der Waals surface area contributed by atoms with Gasteiger partial charge in [-0.25, -0.2) is 0 Å². The molecule has 5 aliphatic rings. The van der Waals surface area contributed by atoms with Crippen molar-refractivity contribution in [2.24, 2.45) is 11.8 Å². The molecule has 42 heavy (non-hydrogen) atoms. The highest BCUT2D eigenvalue weighted by atomic mass is 16.5. The van der Waals surface area contributed by atoms with E-state index in [2.05, 4.69) is 46.6 Å². The van der Waals surface area contributed by atoms with Crippen LogP contribution in [0.4, 0.5) is 0 Å². The first kappa shape index (κ1) is 25.9. The molecule has 1 saturated carbocycles. The summed E-state index contributed by atoms with van der Waals surface area (Å²) in [6.07, 6.45) is 9.37. The van der Waals surface area contributed by atoms with Crippen molar-refractivity contribution in [2.75, 3.05) is 19.6 Å². The van der Waals surface area contributed by atoms with E-state index in [1.165, 1.54) is 30.5 Å². The summed E-state index contributed by atoms with van der Waals surface area (Å²) in [7, 11) is 0. The molecule has 1 amide bonds. The first-order valence-corrected chi connectivity index (χ1v) is 15.4. The molecule has 3 aromatic rings. The third-order valence-electron chi connectivity index (χ3n) is 10.5. The maximum Gasteiger partial charge on any atom is 0.255 e. The third kappa shape index (κ3) is 4.07. The van der Waals surface area contributed by atoms with E-state index in [4.69, 9.17) is 4.74 Å². The first-order chi connectivity index (χ1) is 20.5. The maximum atomic E-state index is 13.5. The minimum absolute atomic E-state index is 0.123. The molecule has 2 bridgehead atoms. The Morgan fingerprint density at radius 2 is 1.79 bits per heavy atom. The molecule has 3 aromatic carbocycles. The Morgan fingerprint density at radius 1 is 1.02 bits per heavy atom. The number of benzene rings is 3. The van der Waals surface area contributed by atoms with Gasteiger partial charge in [0.05, 0.1) is 5.56 Å². The van der Waals surface area contributed by atoms with Gasteiger partial charge in [-0.1, -0.05) is 66.7 Å². The molecule has 2 N–H and O–H groups in total. The highest BCUT2D eigenvalue weighted by molar-refractivity contribution is 5.98. The van der Waals surface area contributed by atoms with Crippen molar-refractivity contribution in [2.45, 2.75) is 55.8 Å². The van der Waals surface area contributed by atoms with Crippen LogP contribution < -0.4 is 10.1 Å². The van der Waals surface area contributed by atoms with Crippen LogP contribution in [0.25, 0.3) is 11.1 Å². The van der Waals surface area contributed by atoms with Gasteiger partial charge in [0.15, 0.2) is 0 Å². The van der Waals surface area contributed by atoms with Crippen molar-refractivity contribution in [3.8, 4) is 16.9 Å². The summed E-state index contributed by atoms with van der Waals surface area (Å²) in [4.78, 5) is 27.2. The van der Waals surface area contributed by atoms with Crippen molar-refractivity contribution in [3.63, 3.8) is 0 Å². The number of nitrogens with zero attached hydrogens (tertiary/aromatic N) is 1. The Hall–Kier alpha value is -3.74. The summed E-state index contributed by atoms with van der Waals surface area (Å²) >= 11 is 0. The van der Waals surface area contributed by atoms with E-state index >= 15 is 0 Å². The van der Waals surface area contributed by atoms with Gasteiger partial charge >= 0.3 is 0 Å². The van der Waals surface area contributed by atoms with Crippen molar-refractivity contribution in [1.82, 2.24) is 10.2 Å². The monoisotopic (exact) mass is 560 g/mol. The van der Waals surface area contributed by atoms with Crippen LogP contribution in [-0.2, 0) is 18.3 Å². The van der Waals surface area contributed by atoms with Crippen molar-refractivity contribution in [3.05, 3.63) is 101 Å². The number of aliphatic hydroxyl groups excluding tert-OH is 1. The van der Waals surface area contributed by atoms with Crippen LogP contribution in [0.3, 0.4) is 0 Å². The van der Waals surface area contributed by atoms with Crippen molar-refractivity contribution < 1.29 is 19.4 Å². The fourth-order valence-electron chi connectivity index (χ4n) is 8.22. The Balaban J connectivity index is 0.996. The quantitative estimate of drug-likeness (QED) is 0.308. The Morgan fingerprint density at radius 3 is 2.52 bits per heavy atom. The van der Waals surface area contributed by atoms with Gasteiger partial charge in [0.2, 0.25) is 0 Å². The summed E-state index contributed by atoms with van der Waals surface area (Å²) in [5.41, 5.74) is 6.75. The standard InChI is InChI=1S/C36H36N2O4/c39-21-24-5-9-26(10-6-24)25-7-3-22(4-8-25)15-17-37-35(41)28-12-11-27-19-30-29-13-14-31(40)34-36(29,32(27)33(28)42-34)16-18-38(30)20-23-1-2-23/h3-14,21,23,29-31,34,40H,1-2,15-20H2,(H,37,41)/t29-,30?,31-,34-,36?/m0/s1. The fourth-order valence-corrected chi connectivity index (χ4v) is 8.22. The van der Waals surface area contributed by atoms with Crippen LogP contribution in [0, 0.1) is 11.8 Å². The smallest absolute Gasteiger partial charge is 0.255 e. The molecule has 2 fully saturated rings. The van der Waals surface area contributed by atoms with Crippen LogP contribution in [0.1, 0.15) is 56.7 Å². The number of amides is 1. The number of carbonyl (C=O) groups is 2. The third-order valence-corrected chi connectivity index (χ3v) is 10.5. The lowest BCUT2D eigenvalue weighted by Crippen LogP contribution is -2.65. The zero-order valence-electron chi connectivity index (χ0n) is 23.7. The molecule has 2 unspecified atom stereocenters. The minimum atomic E-state index is -0.669. The number of hydrogen-bond donors (Lipinski definition) is 2. The lowest BCUT2D eigenvalue weighted by molar-refractivity contribution is -0.0524. The van der Waals surface area contributed by atoms with Crippen molar-refractivity contribution in [1.29, 1.82) is 0 Å². The summed E-state index contributed by atoms with van der Waals surface area (Å²) in [5, 5.41) is 14.2. The molecule has 214 valence electrons. The van der Waals surface area contributed by atoms with Gasteiger partial charge in [0.25, 0.3) is 5.91 Å². The second kappa shape index (κ2) is 9.92. The van der Waals surface area contributed by atoms with Crippen LogP contribution in [0.2, 0.25) is 0 Å². The number of carbonyl (C=O) groups excluding carboxylic acids is 2. The maximum absolute atomic E-state index is 13.5. The van der Waals surface area contributed by atoms with E-state index < -0.39 is 6.10 Å². The van der Waals surface area contributed by atoms with Gasteiger partial charge < -0.3 is 15.2 Å². The normalized spacial score (nSPS) is 28.6. The van der Waals surface area contributed by atoms with Gasteiger partial charge in [-0.3, -0.25) is 14.5 Å². The molecule has 6 nitrogen and oxygen atoms in total. The van der Waals surface area contributed by atoms with E-state index in [9.17, 15) is 14.7 Å². The fraction of sp³-hybridized carbons (Fsp3) is 0.389. The molecular weight excluding hydrogens is 524 g/mol. The lowest BCUT2D eigenvalue weighted by Gasteiger charge is -2.57. The molecule has 1 spiro atoms. The summed E-state index contributed by atoms with van der Waals surface area (Å²) in [6, 6.07) is 20.4. The predicted octanol–water partition coefficient (Wildman–Crippen LogP) is 4.72. The number of aliphatic hydroxyl groups is 1. The van der Waals surface area contributed by atoms with Crippen molar-refractivity contribution >= 4 is 12.2 Å². The molecular formula is C36H36N2O4. The summed E-state index contributed by atoms with van der Waals surface area (Å²) < 4.78 is 6.61. The Labute approximate surface area is 246 Å². The molecule has 6 heteroatoms. The first-order valence-electron chi connectivity index (χ1n) is 15.4. The number of nitrogens with one attached hydrogen (secondary N) is 1. The molecule has 2 aliphatic heterocycles. The predicted molar refractivity (Wildman–Crippen MR) is 161 cm³/mol. The second-order valence-corrected chi connectivity index (χ2v) is 12.9. The highest BCUT2D eigenvalue weighted by Crippen LogP contribution is 2.61. The topological polar surface area (TPSA) is 78.9 Å². The zero-order valence-corrected chi connectivity index (χ0v) is 23.7. The number of piperidine rings is 1. The highest BCUT2D eigenvalue weighted by Gasteiger charge is 2.64. The van der Waals surface area contributed by atoms with Gasteiger partial charge in [-0.05, 0) is 72.9 Å². The minimum Gasteiger partial charge on any atom is -0.485 e. The van der Waals surface area contributed by atoms with Gasteiger partial charge in [0.1, 0.15) is 24.2 Å². The van der Waals surface area contributed by atoms with Gasteiger partial charge in [-0.2, -0.15) is 0 Å². The Kier molecular flexibility index (Phi) is 6.13. The van der Waals surface area contributed by atoms with Gasteiger partial charge in [0, 0.05) is 41.6 Å². The second-order valence-electron chi connectivity index (χ2n) is 12.9. The molecule has 1 saturated heterocycles. The largest absolute Gasteiger partial charge is 0.485 e. The zero-order chi connectivity index (χ0) is 28.4. The summed E-state index contributed by atoms with van der Waals surface area (Å²) in [6.45, 7) is 2.72. The van der Waals surface area contributed by atoms with E-state index in [0.717, 1.165) is 48.3 Å². The molecule has 8 rings (SSSR count). The van der Waals surface area contributed by atoms with E-state index in [1.54, 1.807) is 0 Å². The average Bonchev–Trinajstić information content (AvgIpc) is 3.77. The Bertz CT molecular complexity index is 1580. The lowest BCUT2D eigenvalue weighted by atomic mass is 9.53. The molecule has 3 aliphatic carbocycles. The van der Waals surface area contributed by atoms with E-state index in [-0.39, 0.29) is 17.4 Å². The van der Waals surface area contributed by atoms with Crippen LogP contribution in [0.15, 0.2) is 72.8 Å². The van der Waals surface area contributed by atoms with Gasteiger partial charge in [-0.15, -0.1) is 0 Å². The van der Waals surface area contributed by atoms with Crippen LogP contribution in [-0.4, -0.2) is 60.1 Å². The summed E-state index contributed by atoms with van der Waals surface area (Å²) in [5.74, 6) is 1.72. The molecule has 2 heterocycles. The van der Waals surface area contributed by atoms with Crippen LogP contribution in [0.5, 0.6) is 5.75 Å². The number of hydrogen-bond acceptors (Lipinski definition) is 5. The number of likely N-dealkylation sites (tertiary alicyclic amines) is 1. The molecule has 5 atom stereocenters. The molecule has 0 aromatic heterocycles. The molecule has 0 radical (unpaired) electrons.